The summed E-state index contributed by atoms with van der Waals surface area (Å²) in [6, 6.07) is 6.39. The second kappa shape index (κ2) is 5.30. The Labute approximate surface area is 122 Å². The van der Waals surface area contributed by atoms with E-state index in [-0.39, 0.29) is 10.7 Å². The van der Waals surface area contributed by atoms with Crippen LogP contribution in [0.4, 0.5) is 11.5 Å². The lowest BCUT2D eigenvalue weighted by Gasteiger charge is -2.11. The average molecular weight is 312 g/mol. The monoisotopic (exact) mass is 311 g/mol. The van der Waals surface area contributed by atoms with Gasteiger partial charge in [0.2, 0.25) is 0 Å². The van der Waals surface area contributed by atoms with Crippen LogP contribution < -0.4 is 10.5 Å². The van der Waals surface area contributed by atoms with Gasteiger partial charge in [-0.05, 0) is 43.2 Å². The first-order chi connectivity index (χ1) is 9.29. The molecule has 20 heavy (non-hydrogen) atoms. The topological polar surface area (TPSA) is 85.1 Å². The van der Waals surface area contributed by atoms with Crippen molar-refractivity contribution in [2.24, 2.45) is 0 Å². The van der Waals surface area contributed by atoms with E-state index < -0.39 is 10.0 Å². The van der Waals surface area contributed by atoms with Gasteiger partial charge in [-0.2, -0.15) is 0 Å². The van der Waals surface area contributed by atoms with E-state index in [9.17, 15) is 8.42 Å². The Morgan fingerprint density at radius 2 is 1.95 bits per heavy atom. The molecule has 0 unspecified atom stereocenters. The summed E-state index contributed by atoms with van der Waals surface area (Å²) in [6.07, 6.45) is 1.51. The minimum atomic E-state index is -3.79. The molecule has 106 valence electrons. The highest BCUT2D eigenvalue weighted by atomic mass is 35.5. The fraction of sp³-hybridized carbons (Fsp3) is 0.154. The van der Waals surface area contributed by atoms with Crippen molar-refractivity contribution in [3.63, 3.8) is 0 Å². The molecule has 1 aromatic carbocycles. The first kappa shape index (κ1) is 14.6. The molecule has 1 aromatic heterocycles. The van der Waals surface area contributed by atoms with Crippen molar-refractivity contribution < 1.29 is 8.42 Å². The third-order valence-electron chi connectivity index (χ3n) is 2.73. The highest BCUT2D eigenvalue weighted by Gasteiger charge is 2.19. The molecule has 2 aromatic rings. The Bertz CT molecular complexity index is 760. The van der Waals surface area contributed by atoms with E-state index in [4.69, 9.17) is 17.3 Å². The number of hydrogen-bond acceptors (Lipinski definition) is 4. The Morgan fingerprint density at radius 1 is 1.25 bits per heavy atom. The van der Waals surface area contributed by atoms with Gasteiger partial charge >= 0.3 is 0 Å². The van der Waals surface area contributed by atoms with Crippen LogP contribution >= 0.6 is 11.6 Å². The molecule has 3 N–H and O–H groups in total. The smallest absolute Gasteiger partial charge is 0.265 e. The summed E-state index contributed by atoms with van der Waals surface area (Å²) in [5.41, 5.74) is 7.58. The molecule has 0 aliphatic rings. The van der Waals surface area contributed by atoms with E-state index in [0.717, 1.165) is 5.56 Å². The van der Waals surface area contributed by atoms with Crippen molar-refractivity contribution >= 4 is 33.1 Å². The average Bonchev–Trinajstić information content (AvgIpc) is 2.36. The van der Waals surface area contributed by atoms with Gasteiger partial charge in [-0.15, -0.1) is 0 Å². The number of nitrogen functional groups attached to an aromatic ring is 1. The minimum Gasteiger partial charge on any atom is -0.383 e. The number of pyridine rings is 1. The summed E-state index contributed by atoms with van der Waals surface area (Å²) in [7, 11) is -3.79. The Balaban J connectivity index is 2.40. The zero-order valence-electron chi connectivity index (χ0n) is 11.0. The Kier molecular flexibility index (Phi) is 3.87. The molecular weight excluding hydrogens is 298 g/mol. The lowest BCUT2D eigenvalue weighted by molar-refractivity contribution is 0.601. The third kappa shape index (κ3) is 3.02. The van der Waals surface area contributed by atoms with Crippen LogP contribution in [0.3, 0.4) is 0 Å². The van der Waals surface area contributed by atoms with Gasteiger partial charge in [0.25, 0.3) is 10.0 Å². The highest BCUT2D eigenvalue weighted by Crippen LogP contribution is 2.24. The maximum Gasteiger partial charge on any atom is 0.265 e. The van der Waals surface area contributed by atoms with Crippen LogP contribution in [0.1, 0.15) is 11.1 Å². The molecule has 0 saturated heterocycles. The molecule has 0 radical (unpaired) electrons. The predicted molar refractivity (Wildman–Crippen MR) is 80.4 cm³/mol. The number of hydrogen-bond donors (Lipinski definition) is 2. The van der Waals surface area contributed by atoms with Crippen LogP contribution in [0.5, 0.6) is 0 Å². The molecule has 1 heterocycles. The van der Waals surface area contributed by atoms with Crippen LogP contribution in [0.15, 0.2) is 35.4 Å². The number of nitrogens with zero attached hydrogens (tertiary/aromatic N) is 1. The van der Waals surface area contributed by atoms with Crippen molar-refractivity contribution in [1.29, 1.82) is 0 Å². The number of anilines is 2. The highest BCUT2D eigenvalue weighted by molar-refractivity contribution is 7.92. The molecule has 0 saturated carbocycles. The predicted octanol–water partition coefficient (Wildman–Crippen LogP) is 2.73. The van der Waals surface area contributed by atoms with Crippen molar-refractivity contribution in [2.45, 2.75) is 18.7 Å². The summed E-state index contributed by atoms with van der Waals surface area (Å²) >= 11 is 5.97. The van der Waals surface area contributed by atoms with Gasteiger partial charge in [0, 0.05) is 11.2 Å². The number of benzene rings is 1. The van der Waals surface area contributed by atoms with Crippen LogP contribution in [0.25, 0.3) is 0 Å². The largest absolute Gasteiger partial charge is 0.383 e. The second-order valence-corrected chi connectivity index (χ2v) is 6.52. The normalized spacial score (nSPS) is 11.3. The minimum absolute atomic E-state index is 0.0405. The van der Waals surface area contributed by atoms with Crippen LogP contribution in [0.2, 0.25) is 5.02 Å². The summed E-state index contributed by atoms with van der Waals surface area (Å²) < 4.78 is 27.0. The standard InChI is InChI=1S/C13H14ClN3O2S/c1-8-5-12(13(15)16-7-8)20(18,19)17-10-4-3-9(2)11(14)6-10/h3-7,17H,1-2H3,(H2,15,16). The van der Waals surface area contributed by atoms with Gasteiger partial charge in [0.15, 0.2) is 0 Å². The SMILES string of the molecule is Cc1cnc(N)c(S(=O)(=O)Nc2ccc(C)c(Cl)c2)c1. The summed E-state index contributed by atoms with van der Waals surface area (Å²) in [5, 5.41) is 0.487. The summed E-state index contributed by atoms with van der Waals surface area (Å²) in [4.78, 5) is 3.80. The third-order valence-corrected chi connectivity index (χ3v) is 4.55. The van der Waals surface area contributed by atoms with E-state index in [1.54, 1.807) is 25.1 Å². The number of rotatable bonds is 3. The molecule has 5 nitrogen and oxygen atoms in total. The second-order valence-electron chi connectivity index (χ2n) is 4.47. The molecule has 0 amide bonds. The first-order valence-electron chi connectivity index (χ1n) is 5.81. The van der Waals surface area contributed by atoms with E-state index in [1.807, 2.05) is 6.92 Å². The molecular formula is C13H14ClN3O2S. The van der Waals surface area contributed by atoms with Gasteiger partial charge in [0.1, 0.15) is 10.7 Å². The van der Waals surface area contributed by atoms with E-state index in [2.05, 4.69) is 9.71 Å². The fourth-order valence-corrected chi connectivity index (χ4v) is 3.03. The summed E-state index contributed by atoms with van der Waals surface area (Å²) in [5.74, 6) is -0.0405. The summed E-state index contributed by atoms with van der Waals surface area (Å²) in [6.45, 7) is 3.58. The van der Waals surface area contributed by atoms with Gasteiger partial charge in [-0.1, -0.05) is 17.7 Å². The fourth-order valence-electron chi connectivity index (χ4n) is 1.63. The molecule has 0 fully saturated rings. The number of aryl methyl sites for hydroxylation is 2. The number of nitrogens with one attached hydrogen (secondary N) is 1. The van der Waals surface area contributed by atoms with Gasteiger partial charge in [-0.25, -0.2) is 13.4 Å². The number of sulfonamides is 1. The van der Waals surface area contributed by atoms with Gasteiger partial charge in [-0.3, -0.25) is 4.72 Å². The molecule has 7 heteroatoms. The van der Waals surface area contributed by atoms with E-state index in [1.165, 1.54) is 12.3 Å². The Morgan fingerprint density at radius 3 is 2.60 bits per heavy atom. The van der Waals surface area contributed by atoms with Crippen molar-refractivity contribution in [3.05, 3.63) is 46.6 Å². The lowest BCUT2D eigenvalue weighted by Crippen LogP contribution is -2.15. The van der Waals surface area contributed by atoms with Crippen molar-refractivity contribution in [3.8, 4) is 0 Å². The quantitative estimate of drug-likeness (QED) is 0.912. The van der Waals surface area contributed by atoms with E-state index >= 15 is 0 Å². The molecule has 0 spiro atoms. The molecule has 0 bridgehead atoms. The van der Waals surface area contributed by atoms with Gasteiger partial charge in [0.05, 0.1) is 5.69 Å². The number of aromatic nitrogens is 1. The van der Waals surface area contributed by atoms with Crippen molar-refractivity contribution in [1.82, 2.24) is 4.98 Å². The van der Waals surface area contributed by atoms with E-state index in [0.29, 0.717) is 16.3 Å². The first-order valence-corrected chi connectivity index (χ1v) is 7.67. The number of halogens is 1. The van der Waals surface area contributed by atoms with Crippen LogP contribution in [0, 0.1) is 13.8 Å². The van der Waals surface area contributed by atoms with Crippen molar-refractivity contribution in [2.75, 3.05) is 10.5 Å². The zero-order valence-corrected chi connectivity index (χ0v) is 12.6. The maximum absolute atomic E-state index is 12.3. The molecule has 0 aliphatic carbocycles. The molecule has 2 rings (SSSR count). The van der Waals surface area contributed by atoms with Crippen LogP contribution in [-0.2, 0) is 10.0 Å². The molecule has 0 atom stereocenters. The van der Waals surface area contributed by atoms with Gasteiger partial charge < -0.3 is 5.73 Å². The Hall–Kier alpha value is -1.79. The maximum atomic E-state index is 12.3. The number of nitrogens with two attached hydrogens (primary N) is 1. The molecule has 0 aliphatic heterocycles. The van der Waals surface area contributed by atoms with Crippen LogP contribution in [-0.4, -0.2) is 13.4 Å². The zero-order chi connectivity index (χ0) is 14.9. The lowest BCUT2D eigenvalue weighted by atomic mass is 10.2.